The van der Waals surface area contributed by atoms with Gasteiger partial charge in [0.2, 0.25) is 0 Å². The Labute approximate surface area is 138 Å². The van der Waals surface area contributed by atoms with Crippen LogP contribution in [0.2, 0.25) is 0 Å². The van der Waals surface area contributed by atoms with Crippen LogP contribution in [0.15, 0.2) is 36.4 Å². The lowest BCUT2D eigenvalue weighted by Crippen LogP contribution is -2.45. The minimum absolute atomic E-state index is 0.0665. The third-order valence-electron chi connectivity index (χ3n) is 4.10. The van der Waals surface area contributed by atoms with Crippen molar-refractivity contribution in [3.05, 3.63) is 58.9 Å². The third kappa shape index (κ3) is 4.02. The van der Waals surface area contributed by atoms with Crippen LogP contribution in [-0.2, 0) is 0 Å². The fraction of sp³-hybridized carbons (Fsp3) is 0.421. The van der Waals surface area contributed by atoms with Crippen molar-refractivity contribution in [3.63, 3.8) is 0 Å². The van der Waals surface area contributed by atoms with Crippen molar-refractivity contribution in [1.82, 2.24) is 9.88 Å². The van der Waals surface area contributed by atoms with Crippen molar-refractivity contribution >= 4 is 5.91 Å². The summed E-state index contributed by atoms with van der Waals surface area (Å²) in [6.45, 7) is 10.4. The monoisotopic (exact) mass is 313 g/mol. The smallest absolute Gasteiger partial charge is 0.253 e. The van der Waals surface area contributed by atoms with Crippen LogP contribution in [0, 0.1) is 13.8 Å². The predicted molar refractivity (Wildman–Crippen MR) is 94.8 cm³/mol. The average molecular weight is 313 g/mol. The molecule has 124 valence electrons. The van der Waals surface area contributed by atoms with Crippen LogP contribution in [0.5, 0.6) is 0 Å². The number of rotatable bonds is 5. The molecule has 1 unspecified atom stereocenters. The molecule has 0 fully saturated rings. The largest absolute Gasteiger partial charge is 0.350 e. The molecule has 1 atom stereocenters. The van der Waals surface area contributed by atoms with Crippen LogP contribution >= 0.6 is 0 Å². The van der Waals surface area contributed by atoms with Gasteiger partial charge in [-0.05, 0) is 46.2 Å². The van der Waals surface area contributed by atoms with E-state index in [1.54, 1.807) is 0 Å². The van der Waals surface area contributed by atoms with E-state index in [1.807, 2.05) is 52.0 Å². The molecule has 1 heterocycles. The highest BCUT2D eigenvalue weighted by Crippen LogP contribution is 2.25. The van der Waals surface area contributed by atoms with Crippen LogP contribution in [0.1, 0.15) is 54.1 Å². The number of nitrogens with two attached hydrogens (primary N) is 1. The van der Waals surface area contributed by atoms with E-state index in [2.05, 4.69) is 28.9 Å². The molecule has 23 heavy (non-hydrogen) atoms. The molecular formula is C19H27N3O. The molecule has 0 radical (unpaired) electrons. The van der Waals surface area contributed by atoms with E-state index >= 15 is 0 Å². The molecule has 0 saturated carbocycles. The van der Waals surface area contributed by atoms with Crippen molar-refractivity contribution in [3.8, 4) is 0 Å². The van der Waals surface area contributed by atoms with Gasteiger partial charge >= 0.3 is 0 Å². The summed E-state index contributed by atoms with van der Waals surface area (Å²) >= 11 is 0. The molecule has 0 spiro atoms. The minimum atomic E-state index is -0.418. The summed E-state index contributed by atoms with van der Waals surface area (Å²) in [4.78, 5) is 12.5. The molecule has 2 aromatic rings. The van der Waals surface area contributed by atoms with Crippen LogP contribution < -0.4 is 11.1 Å². The van der Waals surface area contributed by atoms with Crippen molar-refractivity contribution in [2.45, 2.75) is 46.2 Å². The summed E-state index contributed by atoms with van der Waals surface area (Å²) in [6, 6.07) is 12.4. The van der Waals surface area contributed by atoms with E-state index in [0.717, 1.165) is 17.0 Å². The Morgan fingerprint density at radius 3 is 2.43 bits per heavy atom. The zero-order chi connectivity index (χ0) is 17.2. The van der Waals surface area contributed by atoms with Gasteiger partial charge in [0.15, 0.2) is 0 Å². The summed E-state index contributed by atoms with van der Waals surface area (Å²) < 4.78 is 2.21. The van der Waals surface area contributed by atoms with Gasteiger partial charge in [0.1, 0.15) is 0 Å². The number of nitrogens with zero attached hydrogens (tertiary/aromatic N) is 1. The topological polar surface area (TPSA) is 60.1 Å². The van der Waals surface area contributed by atoms with Gasteiger partial charge in [-0.2, -0.15) is 0 Å². The van der Waals surface area contributed by atoms with E-state index in [9.17, 15) is 4.79 Å². The molecule has 1 aromatic carbocycles. The molecular weight excluding hydrogens is 286 g/mol. The summed E-state index contributed by atoms with van der Waals surface area (Å²) in [6.07, 6.45) is 0. The fourth-order valence-corrected chi connectivity index (χ4v) is 2.89. The van der Waals surface area contributed by atoms with Gasteiger partial charge in [0.05, 0.1) is 11.6 Å². The zero-order valence-electron chi connectivity index (χ0n) is 14.7. The fourth-order valence-electron chi connectivity index (χ4n) is 2.89. The standard InChI is InChI=1S/C19H27N3O/c1-13-11-17(18(23)21-12-19(4,5)20)15(3)22(13)14(2)16-9-7-6-8-10-16/h6-11,14H,12,20H2,1-5H3,(H,21,23). The summed E-state index contributed by atoms with van der Waals surface area (Å²) in [5.74, 6) is -0.0665. The molecule has 2 rings (SSSR count). The minimum Gasteiger partial charge on any atom is -0.350 e. The Bertz CT molecular complexity index is 681. The number of aromatic nitrogens is 1. The number of amides is 1. The molecule has 1 aromatic heterocycles. The summed E-state index contributed by atoms with van der Waals surface area (Å²) in [7, 11) is 0. The molecule has 4 heteroatoms. The average Bonchev–Trinajstić information content (AvgIpc) is 2.79. The lowest BCUT2D eigenvalue weighted by atomic mass is 10.1. The van der Waals surface area contributed by atoms with Crippen LogP contribution in [-0.4, -0.2) is 22.6 Å². The van der Waals surface area contributed by atoms with Gasteiger partial charge < -0.3 is 15.6 Å². The van der Waals surface area contributed by atoms with Gasteiger partial charge in [-0.15, -0.1) is 0 Å². The highest BCUT2D eigenvalue weighted by molar-refractivity contribution is 5.95. The SMILES string of the molecule is Cc1cc(C(=O)NCC(C)(C)N)c(C)n1C(C)c1ccccc1. The molecule has 1 amide bonds. The highest BCUT2D eigenvalue weighted by Gasteiger charge is 2.20. The Morgan fingerprint density at radius 2 is 1.87 bits per heavy atom. The normalized spacial score (nSPS) is 13.0. The molecule has 0 bridgehead atoms. The second-order valence-electron chi connectivity index (χ2n) is 6.91. The van der Waals surface area contributed by atoms with E-state index in [0.29, 0.717) is 6.54 Å². The first-order chi connectivity index (χ1) is 10.7. The molecule has 0 aliphatic rings. The van der Waals surface area contributed by atoms with E-state index in [4.69, 9.17) is 5.73 Å². The molecule has 0 aliphatic carbocycles. The van der Waals surface area contributed by atoms with Gasteiger partial charge in [-0.3, -0.25) is 4.79 Å². The van der Waals surface area contributed by atoms with Crippen molar-refractivity contribution < 1.29 is 4.79 Å². The Kier molecular flexibility index (Phi) is 4.95. The van der Waals surface area contributed by atoms with Crippen molar-refractivity contribution in [2.75, 3.05) is 6.54 Å². The first-order valence-electron chi connectivity index (χ1n) is 8.01. The van der Waals surface area contributed by atoms with E-state index in [1.165, 1.54) is 5.56 Å². The van der Waals surface area contributed by atoms with Crippen LogP contribution in [0.25, 0.3) is 0 Å². The lowest BCUT2D eigenvalue weighted by Gasteiger charge is -2.20. The number of carbonyl (C=O) groups is 1. The Morgan fingerprint density at radius 1 is 1.26 bits per heavy atom. The highest BCUT2D eigenvalue weighted by atomic mass is 16.1. The first kappa shape index (κ1) is 17.3. The molecule has 4 nitrogen and oxygen atoms in total. The Hall–Kier alpha value is -2.07. The molecule has 0 saturated heterocycles. The lowest BCUT2D eigenvalue weighted by molar-refractivity contribution is 0.0945. The Balaban J connectivity index is 2.27. The summed E-state index contributed by atoms with van der Waals surface area (Å²) in [5.41, 5.74) is 9.52. The first-order valence-corrected chi connectivity index (χ1v) is 8.01. The predicted octanol–water partition coefficient (Wildman–Crippen LogP) is 3.18. The number of hydrogen-bond donors (Lipinski definition) is 2. The maximum Gasteiger partial charge on any atom is 0.253 e. The molecule has 0 aliphatic heterocycles. The van der Waals surface area contributed by atoms with Crippen molar-refractivity contribution in [1.29, 1.82) is 0 Å². The number of aryl methyl sites for hydroxylation is 1. The van der Waals surface area contributed by atoms with E-state index < -0.39 is 5.54 Å². The second kappa shape index (κ2) is 6.59. The maximum absolute atomic E-state index is 12.5. The van der Waals surface area contributed by atoms with Gasteiger partial charge in [0.25, 0.3) is 5.91 Å². The molecule has 3 N–H and O–H groups in total. The zero-order valence-corrected chi connectivity index (χ0v) is 14.7. The number of hydrogen-bond acceptors (Lipinski definition) is 2. The van der Waals surface area contributed by atoms with Gasteiger partial charge in [-0.25, -0.2) is 0 Å². The van der Waals surface area contributed by atoms with Crippen molar-refractivity contribution in [2.24, 2.45) is 5.73 Å². The quantitative estimate of drug-likeness (QED) is 0.890. The summed E-state index contributed by atoms with van der Waals surface area (Å²) in [5, 5.41) is 2.92. The second-order valence-corrected chi connectivity index (χ2v) is 6.91. The third-order valence-corrected chi connectivity index (χ3v) is 4.10. The van der Waals surface area contributed by atoms with Gasteiger partial charge in [-0.1, -0.05) is 30.3 Å². The number of benzene rings is 1. The number of nitrogens with one attached hydrogen (secondary N) is 1. The van der Waals surface area contributed by atoms with E-state index in [-0.39, 0.29) is 11.9 Å². The van der Waals surface area contributed by atoms with Gasteiger partial charge in [0, 0.05) is 23.5 Å². The maximum atomic E-state index is 12.5. The van der Waals surface area contributed by atoms with Crippen LogP contribution in [0.3, 0.4) is 0 Å². The number of carbonyl (C=O) groups excluding carboxylic acids is 1. The van der Waals surface area contributed by atoms with Crippen LogP contribution in [0.4, 0.5) is 0 Å².